The van der Waals surface area contributed by atoms with Crippen molar-refractivity contribution in [2.75, 3.05) is 11.5 Å². The molecule has 1 aliphatic rings. The maximum Gasteiger partial charge on any atom is 0.300 e. The lowest BCUT2D eigenvalue weighted by Gasteiger charge is -2.26. The Morgan fingerprint density at radius 2 is 1.79 bits per heavy atom. The molecule has 7 heteroatoms. The fourth-order valence-corrected chi connectivity index (χ4v) is 4.09. The Bertz CT molecular complexity index is 1270. The summed E-state index contributed by atoms with van der Waals surface area (Å²) in [5.41, 5.74) is 1.31. The third-order valence-corrected chi connectivity index (χ3v) is 5.79. The number of Topliss-reactive ketones (excluding diaryl/α,β-unsaturated/α-hetero) is 1. The molecule has 1 amide bonds. The first-order valence-electron chi connectivity index (χ1n) is 10.4. The zero-order valence-electron chi connectivity index (χ0n) is 18.0. The lowest BCUT2D eigenvalue weighted by Crippen LogP contribution is -2.29. The minimum absolute atomic E-state index is 0.0795. The van der Waals surface area contributed by atoms with Gasteiger partial charge in [0.05, 0.1) is 23.2 Å². The Labute approximate surface area is 195 Å². The summed E-state index contributed by atoms with van der Waals surface area (Å²) in [6.45, 7) is 4.08. The number of carbonyl (C=O) groups excluding carboxylic acids is 2. The lowest BCUT2D eigenvalue weighted by molar-refractivity contribution is -0.132. The predicted octanol–water partition coefficient (Wildman–Crippen LogP) is 5.81. The molecule has 0 spiro atoms. The number of rotatable bonds is 5. The number of ether oxygens (including phenoxy) is 1. The van der Waals surface area contributed by atoms with E-state index in [0.717, 1.165) is 5.56 Å². The monoisotopic (exact) mass is 465 g/mol. The van der Waals surface area contributed by atoms with Crippen LogP contribution in [-0.2, 0) is 9.59 Å². The SMILES string of the molecule is CCOc1ccc(Cl)c(/C(O)=C2\C(=O)C(=O)N(c3ccc(C)cc3)C2c2ccccc2F)c1. The number of anilines is 1. The quantitative estimate of drug-likeness (QED) is 0.293. The minimum Gasteiger partial charge on any atom is -0.507 e. The van der Waals surface area contributed by atoms with Crippen LogP contribution in [0.5, 0.6) is 5.75 Å². The van der Waals surface area contributed by atoms with E-state index in [4.69, 9.17) is 16.3 Å². The van der Waals surface area contributed by atoms with Gasteiger partial charge in [0.25, 0.3) is 11.7 Å². The molecule has 1 fully saturated rings. The predicted molar refractivity (Wildman–Crippen MR) is 125 cm³/mol. The van der Waals surface area contributed by atoms with Crippen molar-refractivity contribution in [3.8, 4) is 5.75 Å². The van der Waals surface area contributed by atoms with E-state index in [-0.39, 0.29) is 21.7 Å². The van der Waals surface area contributed by atoms with Gasteiger partial charge in [0.15, 0.2) is 0 Å². The Hall–Kier alpha value is -3.64. The molecule has 0 bridgehead atoms. The van der Waals surface area contributed by atoms with E-state index < -0.39 is 29.3 Å². The molecule has 0 aliphatic carbocycles. The molecule has 168 valence electrons. The van der Waals surface area contributed by atoms with Crippen LogP contribution < -0.4 is 9.64 Å². The average molecular weight is 466 g/mol. The number of carbonyl (C=O) groups is 2. The maximum atomic E-state index is 14.9. The fraction of sp³-hybridized carbons (Fsp3) is 0.154. The topological polar surface area (TPSA) is 66.8 Å². The van der Waals surface area contributed by atoms with Crippen molar-refractivity contribution >= 4 is 34.7 Å². The van der Waals surface area contributed by atoms with E-state index in [1.807, 2.05) is 6.92 Å². The molecule has 4 rings (SSSR count). The summed E-state index contributed by atoms with van der Waals surface area (Å²) in [6, 6.07) is 16.2. The Balaban J connectivity index is 1.97. The van der Waals surface area contributed by atoms with Gasteiger partial charge in [0.2, 0.25) is 0 Å². The maximum absolute atomic E-state index is 14.9. The Morgan fingerprint density at radius 3 is 2.45 bits per heavy atom. The molecule has 0 saturated carbocycles. The van der Waals surface area contributed by atoms with Crippen LogP contribution in [0.4, 0.5) is 10.1 Å². The third kappa shape index (κ3) is 4.10. The van der Waals surface area contributed by atoms with E-state index >= 15 is 0 Å². The Morgan fingerprint density at radius 1 is 1.09 bits per heavy atom. The molecule has 1 heterocycles. The van der Waals surface area contributed by atoms with Crippen LogP contribution >= 0.6 is 11.6 Å². The molecule has 1 unspecified atom stereocenters. The molecule has 3 aromatic carbocycles. The van der Waals surface area contributed by atoms with Gasteiger partial charge in [-0.05, 0) is 50.2 Å². The summed E-state index contributed by atoms with van der Waals surface area (Å²) in [7, 11) is 0. The summed E-state index contributed by atoms with van der Waals surface area (Å²) in [4.78, 5) is 27.5. The average Bonchev–Trinajstić information content (AvgIpc) is 3.06. The standard InChI is InChI=1S/C26H21ClFNO4/c1-3-33-17-12-13-20(27)19(14-17)24(30)22-23(18-6-4-5-7-21(18)28)29(26(32)25(22)31)16-10-8-15(2)9-11-16/h4-14,23,30H,3H2,1-2H3/b24-22+. The summed E-state index contributed by atoms with van der Waals surface area (Å²) < 4.78 is 20.4. The van der Waals surface area contributed by atoms with Crippen molar-refractivity contribution < 1.29 is 23.8 Å². The van der Waals surface area contributed by atoms with Gasteiger partial charge in [-0.25, -0.2) is 4.39 Å². The summed E-state index contributed by atoms with van der Waals surface area (Å²) in [5, 5.41) is 11.4. The molecule has 0 radical (unpaired) electrons. The molecular formula is C26H21ClFNO4. The number of amides is 1. The number of aliphatic hydroxyl groups excluding tert-OH is 1. The highest BCUT2D eigenvalue weighted by molar-refractivity contribution is 6.52. The first-order chi connectivity index (χ1) is 15.8. The lowest BCUT2D eigenvalue weighted by atomic mass is 9.94. The normalized spacial score (nSPS) is 17.5. The van der Waals surface area contributed by atoms with Gasteiger partial charge in [-0.15, -0.1) is 0 Å². The molecular weight excluding hydrogens is 445 g/mol. The molecule has 3 aromatic rings. The van der Waals surface area contributed by atoms with E-state index in [1.54, 1.807) is 43.3 Å². The summed E-state index contributed by atoms with van der Waals surface area (Å²) in [5.74, 6) is -2.48. The summed E-state index contributed by atoms with van der Waals surface area (Å²) in [6.07, 6.45) is 0. The van der Waals surface area contributed by atoms with Crippen LogP contribution in [0.15, 0.2) is 72.3 Å². The first-order valence-corrected chi connectivity index (χ1v) is 10.8. The third-order valence-electron chi connectivity index (χ3n) is 5.46. The highest BCUT2D eigenvalue weighted by Crippen LogP contribution is 2.44. The highest BCUT2D eigenvalue weighted by Gasteiger charge is 2.48. The van der Waals surface area contributed by atoms with Crippen LogP contribution in [0.3, 0.4) is 0 Å². The van der Waals surface area contributed by atoms with Crippen molar-refractivity contribution in [2.45, 2.75) is 19.9 Å². The second-order valence-corrected chi connectivity index (χ2v) is 8.01. The van der Waals surface area contributed by atoms with Crippen molar-refractivity contribution in [3.05, 3.63) is 99.8 Å². The number of aliphatic hydroxyl groups is 1. The van der Waals surface area contributed by atoms with E-state index in [1.165, 1.54) is 35.2 Å². The number of aryl methyl sites for hydroxylation is 1. The van der Waals surface area contributed by atoms with E-state index in [0.29, 0.717) is 18.0 Å². The highest BCUT2D eigenvalue weighted by atomic mass is 35.5. The van der Waals surface area contributed by atoms with Crippen LogP contribution in [0.25, 0.3) is 5.76 Å². The van der Waals surface area contributed by atoms with Crippen molar-refractivity contribution in [2.24, 2.45) is 0 Å². The van der Waals surface area contributed by atoms with E-state index in [2.05, 4.69) is 0 Å². The molecule has 5 nitrogen and oxygen atoms in total. The van der Waals surface area contributed by atoms with Gasteiger partial charge in [-0.3, -0.25) is 14.5 Å². The van der Waals surface area contributed by atoms with E-state index in [9.17, 15) is 19.1 Å². The molecule has 33 heavy (non-hydrogen) atoms. The van der Waals surface area contributed by atoms with Gasteiger partial charge >= 0.3 is 0 Å². The number of nitrogens with zero attached hydrogens (tertiary/aromatic N) is 1. The van der Waals surface area contributed by atoms with Crippen molar-refractivity contribution in [3.63, 3.8) is 0 Å². The summed E-state index contributed by atoms with van der Waals surface area (Å²) >= 11 is 6.32. The minimum atomic E-state index is -1.18. The second-order valence-electron chi connectivity index (χ2n) is 7.60. The number of ketones is 1. The zero-order chi connectivity index (χ0) is 23.7. The molecule has 1 aliphatic heterocycles. The smallest absolute Gasteiger partial charge is 0.300 e. The molecule has 1 N–H and O–H groups in total. The van der Waals surface area contributed by atoms with Crippen molar-refractivity contribution in [1.82, 2.24) is 0 Å². The second kappa shape index (κ2) is 9.08. The fourth-order valence-electron chi connectivity index (χ4n) is 3.88. The molecule has 1 atom stereocenters. The van der Waals surface area contributed by atoms with Gasteiger partial charge in [-0.2, -0.15) is 0 Å². The molecule has 1 saturated heterocycles. The van der Waals surface area contributed by atoms with Gasteiger partial charge in [-0.1, -0.05) is 47.5 Å². The van der Waals surface area contributed by atoms with Gasteiger partial charge < -0.3 is 9.84 Å². The largest absolute Gasteiger partial charge is 0.507 e. The number of halogens is 2. The van der Waals surface area contributed by atoms with Crippen LogP contribution in [0.2, 0.25) is 5.02 Å². The van der Waals surface area contributed by atoms with Gasteiger partial charge in [0, 0.05) is 16.8 Å². The number of hydrogen-bond donors (Lipinski definition) is 1. The van der Waals surface area contributed by atoms with Crippen LogP contribution in [0, 0.1) is 12.7 Å². The van der Waals surface area contributed by atoms with Crippen molar-refractivity contribution in [1.29, 1.82) is 0 Å². The number of benzene rings is 3. The van der Waals surface area contributed by atoms with Gasteiger partial charge in [0.1, 0.15) is 17.3 Å². The van der Waals surface area contributed by atoms with Crippen LogP contribution in [0.1, 0.15) is 29.7 Å². The Kier molecular flexibility index (Phi) is 6.20. The number of hydrogen-bond acceptors (Lipinski definition) is 4. The first kappa shape index (κ1) is 22.6. The van der Waals surface area contributed by atoms with Crippen LogP contribution in [-0.4, -0.2) is 23.4 Å². The molecule has 0 aromatic heterocycles. The zero-order valence-corrected chi connectivity index (χ0v) is 18.8.